The Balaban J connectivity index is 5.39. The first-order chi connectivity index (χ1) is 13.1. The van der Waals surface area contributed by atoms with Crippen LogP contribution in [0.5, 0.6) is 0 Å². The minimum absolute atomic E-state index is 0.674. The van der Waals surface area contributed by atoms with Crippen LogP contribution in [0, 0.1) is 0 Å². The SMILES string of the molecule is C=C[Si](C[Si](C=C)(OCCCC)OCCCC)(OCCCC)OCCCC. The Bertz CT molecular complexity index is 323. The van der Waals surface area contributed by atoms with Gasteiger partial charge in [0.1, 0.15) is 0 Å². The van der Waals surface area contributed by atoms with Crippen LogP contribution >= 0.6 is 0 Å². The molecule has 160 valence electrons. The molecule has 0 heterocycles. The summed E-state index contributed by atoms with van der Waals surface area (Å²) in [5, 5.41) is 0. The van der Waals surface area contributed by atoms with Gasteiger partial charge in [-0.2, -0.15) is 0 Å². The maximum Gasteiger partial charge on any atom is 0.366 e. The number of hydrogen-bond donors (Lipinski definition) is 0. The quantitative estimate of drug-likeness (QED) is 0.177. The molecular weight excluding hydrogens is 372 g/mol. The van der Waals surface area contributed by atoms with Crippen LogP contribution in [0.4, 0.5) is 0 Å². The van der Waals surface area contributed by atoms with Gasteiger partial charge in [-0.05, 0) is 37.1 Å². The molecule has 0 atom stereocenters. The van der Waals surface area contributed by atoms with Gasteiger partial charge in [0, 0.05) is 32.1 Å². The van der Waals surface area contributed by atoms with Crippen molar-refractivity contribution < 1.29 is 17.7 Å². The van der Waals surface area contributed by atoms with Crippen LogP contribution in [0.3, 0.4) is 0 Å². The molecule has 0 unspecified atom stereocenters. The molecule has 4 nitrogen and oxygen atoms in total. The lowest BCUT2D eigenvalue weighted by Gasteiger charge is -2.35. The summed E-state index contributed by atoms with van der Waals surface area (Å²) < 4.78 is 25.4. The Morgan fingerprint density at radius 3 is 1.00 bits per heavy atom. The van der Waals surface area contributed by atoms with Crippen molar-refractivity contribution in [3.05, 3.63) is 24.6 Å². The zero-order valence-corrected chi connectivity index (χ0v) is 20.4. The van der Waals surface area contributed by atoms with E-state index in [-0.39, 0.29) is 0 Å². The van der Waals surface area contributed by atoms with Crippen LogP contribution in [-0.2, 0) is 17.7 Å². The molecular formula is C21H44O4Si2. The van der Waals surface area contributed by atoms with E-state index in [2.05, 4.69) is 40.9 Å². The second kappa shape index (κ2) is 16.7. The molecule has 0 radical (unpaired) electrons. The van der Waals surface area contributed by atoms with E-state index in [9.17, 15) is 0 Å². The first kappa shape index (κ1) is 26.8. The van der Waals surface area contributed by atoms with Crippen LogP contribution in [0.15, 0.2) is 24.6 Å². The van der Waals surface area contributed by atoms with E-state index in [0.29, 0.717) is 32.1 Å². The van der Waals surface area contributed by atoms with E-state index in [4.69, 9.17) is 17.7 Å². The minimum Gasteiger partial charge on any atom is -0.391 e. The predicted molar refractivity (Wildman–Crippen MR) is 120 cm³/mol. The fourth-order valence-corrected chi connectivity index (χ4v) is 10.7. The summed E-state index contributed by atoms with van der Waals surface area (Å²) in [7, 11) is -5.23. The predicted octanol–water partition coefficient (Wildman–Crippen LogP) is 6.13. The van der Waals surface area contributed by atoms with Crippen molar-refractivity contribution in [2.45, 2.75) is 84.7 Å². The molecule has 0 rings (SSSR count). The summed E-state index contributed by atoms with van der Waals surface area (Å²) in [6.07, 6.45) is 8.49. The van der Waals surface area contributed by atoms with E-state index < -0.39 is 17.1 Å². The Hall–Kier alpha value is -0.246. The fourth-order valence-electron chi connectivity index (χ4n) is 2.57. The summed E-state index contributed by atoms with van der Waals surface area (Å²) in [5.41, 5.74) is 4.53. The van der Waals surface area contributed by atoms with Crippen molar-refractivity contribution >= 4 is 17.1 Å². The third-order valence-corrected chi connectivity index (χ3v) is 12.4. The van der Waals surface area contributed by atoms with Gasteiger partial charge in [0.25, 0.3) is 0 Å². The standard InChI is InChI=1S/C21H44O4Si2/c1-7-13-17-22-26(11-5,23-18-14-8-2)21-27(12-6,24-19-15-9-3)25-20-16-10-4/h11-12H,5-10,13-21H2,1-4H3. The minimum atomic E-state index is -2.62. The Kier molecular flexibility index (Phi) is 16.5. The molecule has 27 heavy (non-hydrogen) atoms. The molecule has 0 saturated heterocycles. The lowest BCUT2D eigenvalue weighted by Crippen LogP contribution is -2.54. The average Bonchev–Trinajstić information content (AvgIpc) is 2.68. The third kappa shape index (κ3) is 11.4. The van der Waals surface area contributed by atoms with Crippen molar-refractivity contribution in [3.63, 3.8) is 0 Å². The van der Waals surface area contributed by atoms with Crippen LogP contribution < -0.4 is 0 Å². The Labute approximate surface area is 170 Å². The van der Waals surface area contributed by atoms with Gasteiger partial charge < -0.3 is 17.7 Å². The maximum atomic E-state index is 6.36. The zero-order chi connectivity index (χ0) is 20.4. The van der Waals surface area contributed by atoms with Crippen molar-refractivity contribution in [2.75, 3.05) is 26.4 Å². The highest BCUT2D eigenvalue weighted by Gasteiger charge is 2.48. The summed E-state index contributed by atoms with van der Waals surface area (Å²) >= 11 is 0. The number of hydrogen-bond acceptors (Lipinski definition) is 4. The molecule has 0 aromatic rings. The lowest BCUT2D eigenvalue weighted by molar-refractivity contribution is 0.155. The summed E-state index contributed by atoms with van der Waals surface area (Å²) in [5.74, 6) is 0. The van der Waals surface area contributed by atoms with Crippen LogP contribution in [0.1, 0.15) is 79.1 Å². The third-order valence-electron chi connectivity index (χ3n) is 4.49. The normalized spacial score (nSPS) is 12.3. The number of rotatable bonds is 20. The van der Waals surface area contributed by atoms with Gasteiger partial charge in [-0.25, -0.2) is 0 Å². The van der Waals surface area contributed by atoms with Crippen molar-refractivity contribution in [1.82, 2.24) is 0 Å². The first-order valence-electron chi connectivity index (χ1n) is 10.9. The topological polar surface area (TPSA) is 36.9 Å². The van der Waals surface area contributed by atoms with Crippen LogP contribution in [0.25, 0.3) is 0 Å². The Morgan fingerprint density at radius 1 is 0.556 bits per heavy atom. The highest BCUT2D eigenvalue weighted by atomic mass is 28.4. The van der Waals surface area contributed by atoms with Gasteiger partial charge in [0.15, 0.2) is 0 Å². The molecule has 0 saturated carbocycles. The van der Waals surface area contributed by atoms with E-state index in [1.54, 1.807) is 0 Å². The molecule has 0 aromatic carbocycles. The van der Waals surface area contributed by atoms with E-state index in [1.165, 1.54) is 0 Å². The average molecular weight is 417 g/mol. The van der Waals surface area contributed by atoms with Gasteiger partial charge in [-0.15, -0.1) is 13.2 Å². The molecule has 0 aliphatic carbocycles. The highest BCUT2D eigenvalue weighted by molar-refractivity contribution is 6.90. The zero-order valence-electron chi connectivity index (χ0n) is 18.4. The van der Waals surface area contributed by atoms with E-state index in [0.717, 1.165) is 51.4 Å². The molecule has 0 aliphatic rings. The molecule has 0 aliphatic heterocycles. The molecule has 0 fully saturated rings. The van der Waals surface area contributed by atoms with Gasteiger partial charge in [0.05, 0.1) is 0 Å². The molecule has 0 bridgehead atoms. The van der Waals surface area contributed by atoms with Crippen molar-refractivity contribution in [2.24, 2.45) is 0 Å². The lowest BCUT2D eigenvalue weighted by atomic mass is 10.4. The van der Waals surface area contributed by atoms with Gasteiger partial charge in [0.2, 0.25) is 0 Å². The monoisotopic (exact) mass is 416 g/mol. The maximum absolute atomic E-state index is 6.36. The smallest absolute Gasteiger partial charge is 0.366 e. The van der Waals surface area contributed by atoms with Crippen molar-refractivity contribution in [1.29, 1.82) is 0 Å². The second-order valence-corrected chi connectivity index (χ2v) is 13.6. The fraction of sp³-hybridized carbons (Fsp3) is 0.810. The molecule has 0 spiro atoms. The Morgan fingerprint density at radius 2 is 0.815 bits per heavy atom. The summed E-state index contributed by atoms with van der Waals surface area (Å²) in [6, 6.07) is 0. The number of unbranched alkanes of at least 4 members (excludes halogenated alkanes) is 4. The van der Waals surface area contributed by atoms with Crippen LogP contribution in [-0.4, -0.2) is 43.5 Å². The molecule has 0 amide bonds. The van der Waals surface area contributed by atoms with E-state index in [1.807, 2.05) is 11.4 Å². The van der Waals surface area contributed by atoms with Gasteiger partial charge in [-0.1, -0.05) is 53.4 Å². The molecule has 6 heteroatoms. The van der Waals surface area contributed by atoms with Gasteiger partial charge >= 0.3 is 17.1 Å². The van der Waals surface area contributed by atoms with E-state index >= 15 is 0 Å². The summed E-state index contributed by atoms with van der Waals surface area (Å²) in [4.78, 5) is 0. The van der Waals surface area contributed by atoms with Crippen molar-refractivity contribution in [3.8, 4) is 0 Å². The summed E-state index contributed by atoms with van der Waals surface area (Å²) in [6.45, 7) is 19.7. The first-order valence-corrected chi connectivity index (χ1v) is 15.1. The van der Waals surface area contributed by atoms with Crippen LogP contribution in [0.2, 0.25) is 5.67 Å². The highest BCUT2D eigenvalue weighted by Crippen LogP contribution is 2.27. The molecule has 0 aromatic heterocycles. The van der Waals surface area contributed by atoms with Gasteiger partial charge in [-0.3, -0.25) is 0 Å². The molecule has 0 N–H and O–H groups in total. The largest absolute Gasteiger partial charge is 0.391 e. The second-order valence-electron chi connectivity index (χ2n) is 7.02.